The molecule has 0 aromatic carbocycles. The average molecular weight is 495 g/mol. The molecule has 2 unspecified atom stereocenters. The minimum Gasteiger partial charge on any atom is -0.450 e. The van der Waals surface area contributed by atoms with Gasteiger partial charge in [-0.3, -0.25) is 9.78 Å². The fraction of sp³-hybridized carbons (Fsp3) is 0.538. The summed E-state index contributed by atoms with van der Waals surface area (Å²) in [5, 5.41) is 10.2. The molecule has 2 aromatic heterocycles. The zero-order valence-corrected chi connectivity index (χ0v) is 20.4. The van der Waals surface area contributed by atoms with Crippen LogP contribution in [0.2, 0.25) is 0 Å². The van der Waals surface area contributed by atoms with Crippen molar-refractivity contribution in [2.24, 2.45) is 11.8 Å². The molecule has 4 atom stereocenters. The molecule has 184 valence electrons. The first-order valence-electron chi connectivity index (χ1n) is 12.6. The van der Waals surface area contributed by atoms with Gasteiger partial charge in [-0.2, -0.15) is 0 Å². The highest BCUT2D eigenvalue weighted by Crippen LogP contribution is 2.49. The monoisotopic (exact) mass is 494 g/mol. The van der Waals surface area contributed by atoms with E-state index in [-0.39, 0.29) is 23.8 Å². The Morgan fingerprint density at radius 3 is 2.57 bits per heavy atom. The van der Waals surface area contributed by atoms with Crippen molar-refractivity contribution in [1.29, 1.82) is 0 Å². The van der Waals surface area contributed by atoms with E-state index in [9.17, 15) is 9.59 Å². The molecule has 35 heavy (non-hydrogen) atoms. The minimum atomic E-state index is -1.19. The van der Waals surface area contributed by atoms with Crippen molar-refractivity contribution in [3.05, 3.63) is 47.8 Å². The molecule has 0 radical (unpaired) electrons. The number of fused-ring (bicyclic) bond motifs is 1. The number of likely N-dealkylation sites (tertiary alicyclic amines) is 1. The second-order valence-electron chi connectivity index (χ2n) is 10.2. The van der Waals surface area contributed by atoms with Gasteiger partial charge >= 0.3 is 6.16 Å². The Bertz CT molecular complexity index is 1100. The molecule has 2 saturated heterocycles. The smallest absolute Gasteiger partial charge is 0.450 e. The van der Waals surface area contributed by atoms with Gasteiger partial charge in [0.25, 0.3) is 5.91 Å². The molecule has 1 amide bonds. The molecule has 4 fully saturated rings. The third-order valence-corrected chi connectivity index (χ3v) is 9.30. The second-order valence-corrected chi connectivity index (χ2v) is 11.4. The van der Waals surface area contributed by atoms with Gasteiger partial charge < -0.3 is 19.6 Å². The minimum absolute atomic E-state index is 0.0649. The number of amides is 1. The van der Waals surface area contributed by atoms with Crippen LogP contribution in [0.3, 0.4) is 0 Å². The van der Waals surface area contributed by atoms with Crippen LogP contribution < -0.4 is 4.90 Å². The average Bonchev–Trinajstić information content (AvgIpc) is 3.42. The van der Waals surface area contributed by atoms with E-state index in [2.05, 4.69) is 16.0 Å². The highest BCUT2D eigenvalue weighted by atomic mass is 32.2. The molecule has 8 nitrogen and oxygen atoms in total. The molecule has 0 spiro atoms. The summed E-state index contributed by atoms with van der Waals surface area (Å²) in [5.41, 5.74) is 1.89. The molecule has 2 saturated carbocycles. The number of carbonyl (C=O) groups excluding carboxylic acids is 1. The summed E-state index contributed by atoms with van der Waals surface area (Å²) in [6.45, 7) is 2.94. The van der Waals surface area contributed by atoms with Crippen LogP contribution in [-0.4, -0.2) is 69.6 Å². The zero-order valence-electron chi connectivity index (χ0n) is 19.6. The highest BCUT2D eigenvalue weighted by molar-refractivity contribution is 7.99. The first-order valence-corrected chi connectivity index (χ1v) is 13.5. The number of hydrogen-bond donors (Lipinski definition) is 1. The van der Waals surface area contributed by atoms with Crippen molar-refractivity contribution in [2.75, 3.05) is 31.1 Å². The van der Waals surface area contributed by atoms with Gasteiger partial charge in [0.05, 0.1) is 5.56 Å². The lowest BCUT2D eigenvalue weighted by atomic mass is 10.0. The Hall–Kier alpha value is -2.81. The molecule has 1 N–H and O–H groups in total. The number of aromatic nitrogens is 2. The van der Waals surface area contributed by atoms with E-state index >= 15 is 0 Å². The molecule has 2 aliphatic carbocycles. The van der Waals surface area contributed by atoms with Crippen molar-refractivity contribution in [3.8, 4) is 0 Å². The van der Waals surface area contributed by atoms with Gasteiger partial charge in [0, 0.05) is 61.6 Å². The van der Waals surface area contributed by atoms with Crippen LogP contribution in [0.1, 0.15) is 53.9 Å². The van der Waals surface area contributed by atoms with Gasteiger partial charge in [-0.1, -0.05) is 18.9 Å². The van der Waals surface area contributed by atoms with Crippen LogP contribution in [0.5, 0.6) is 0 Å². The van der Waals surface area contributed by atoms with Crippen molar-refractivity contribution >= 4 is 29.6 Å². The number of carboxylic acid groups (broad SMARTS) is 1. The van der Waals surface area contributed by atoms with Gasteiger partial charge in [0.15, 0.2) is 0 Å². The molecule has 4 heterocycles. The predicted molar refractivity (Wildman–Crippen MR) is 132 cm³/mol. The van der Waals surface area contributed by atoms with Crippen LogP contribution in [0.15, 0.2) is 41.7 Å². The van der Waals surface area contributed by atoms with Crippen LogP contribution >= 0.6 is 11.8 Å². The standard InChI is InChI=1S/C26H30N4O4S/c31-25(29-11-9-17(13-29)16-4-3-10-27-12-16)19-7-8-22(28-24(19)35-18-5-1-2-6-18)30-14-20-21(15-30)23(20)34-26(32)33/h3-4,7-8,10,12,17-18,20-21,23H,1-2,5-6,9,11,13-15H2,(H,32,33)/t17?,20-,21+,23?. The number of hydrogen-bond acceptors (Lipinski definition) is 7. The van der Waals surface area contributed by atoms with Gasteiger partial charge in [0.2, 0.25) is 0 Å². The summed E-state index contributed by atoms with van der Waals surface area (Å²) >= 11 is 1.76. The van der Waals surface area contributed by atoms with E-state index in [1.807, 2.05) is 29.3 Å². The third kappa shape index (κ3) is 4.58. The topological polar surface area (TPSA) is 95.9 Å². The zero-order chi connectivity index (χ0) is 23.9. The predicted octanol–water partition coefficient (Wildman–Crippen LogP) is 4.27. The van der Waals surface area contributed by atoms with Crippen molar-refractivity contribution < 1.29 is 19.4 Å². The Kier molecular flexibility index (Phi) is 6.04. The van der Waals surface area contributed by atoms with Crippen molar-refractivity contribution in [1.82, 2.24) is 14.9 Å². The van der Waals surface area contributed by atoms with Gasteiger partial charge in [-0.25, -0.2) is 9.78 Å². The Labute approximate surface area is 209 Å². The van der Waals surface area contributed by atoms with Crippen LogP contribution in [0, 0.1) is 11.8 Å². The maximum atomic E-state index is 13.6. The molecule has 0 bridgehead atoms. The molecule has 9 heteroatoms. The number of carbonyl (C=O) groups is 2. The SMILES string of the molecule is O=C(O)OC1[C@H]2CN(c3ccc(C(=O)N4CCC(c5cccnc5)C4)c(SC4CCCC4)n3)C[C@@H]12. The maximum absolute atomic E-state index is 13.6. The molecule has 2 aliphatic heterocycles. The Morgan fingerprint density at radius 2 is 1.86 bits per heavy atom. The lowest BCUT2D eigenvalue weighted by Crippen LogP contribution is -2.30. The molecule has 2 aromatic rings. The maximum Gasteiger partial charge on any atom is 0.506 e. The highest BCUT2D eigenvalue weighted by Gasteiger charge is 2.59. The number of piperidine rings is 1. The molecular formula is C26H30N4O4S. The normalized spacial score (nSPS) is 27.8. The van der Waals surface area contributed by atoms with Gasteiger partial charge in [-0.15, -0.1) is 11.8 Å². The number of anilines is 1. The Balaban J connectivity index is 1.19. The molecular weight excluding hydrogens is 464 g/mol. The fourth-order valence-electron chi connectivity index (χ4n) is 5.98. The van der Waals surface area contributed by atoms with Gasteiger partial charge in [0.1, 0.15) is 16.9 Å². The summed E-state index contributed by atoms with van der Waals surface area (Å²) in [5.74, 6) is 1.75. The summed E-state index contributed by atoms with van der Waals surface area (Å²) < 4.78 is 4.98. The quantitative estimate of drug-likeness (QED) is 0.595. The largest absolute Gasteiger partial charge is 0.506 e. The van der Waals surface area contributed by atoms with Gasteiger partial charge in [-0.05, 0) is 43.0 Å². The molecule has 6 rings (SSSR count). The first kappa shape index (κ1) is 22.6. The lowest BCUT2D eigenvalue weighted by Gasteiger charge is -2.24. The number of ether oxygens (including phenoxy) is 1. The second kappa shape index (κ2) is 9.33. The van der Waals surface area contributed by atoms with Crippen LogP contribution in [0.25, 0.3) is 0 Å². The number of nitrogens with zero attached hydrogens (tertiary/aromatic N) is 4. The molecule has 4 aliphatic rings. The van der Waals surface area contributed by atoms with Crippen molar-refractivity contribution in [2.45, 2.75) is 54.4 Å². The Morgan fingerprint density at radius 1 is 1.06 bits per heavy atom. The van der Waals surface area contributed by atoms with Crippen LogP contribution in [-0.2, 0) is 4.74 Å². The van der Waals surface area contributed by atoms with E-state index in [1.54, 1.807) is 18.0 Å². The fourth-order valence-corrected chi connectivity index (χ4v) is 7.29. The summed E-state index contributed by atoms with van der Waals surface area (Å²) in [6.07, 6.45) is 8.06. The first-order chi connectivity index (χ1) is 17.1. The number of thioether (sulfide) groups is 1. The number of pyridine rings is 2. The third-order valence-electron chi connectivity index (χ3n) is 7.96. The van der Waals surface area contributed by atoms with E-state index in [4.69, 9.17) is 14.8 Å². The van der Waals surface area contributed by atoms with Crippen LogP contribution in [0.4, 0.5) is 10.6 Å². The van der Waals surface area contributed by atoms with E-state index < -0.39 is 6.16 Å². The summed E-state index contributed by atoms with van der Waals surface area (Å²) in [6, 6.07) is 7.96. The van der Waals surface area contributed by atoms with E-state index in [1.165, 1.54) is 31.2 Å². The van der Waals surface area contributed by atoms with E-state index in [0.29, 0.717) is 23.3 Å². The summed E-state index contributed by atoms with van der Waals surface area (Å²) in [4.78, 5) is 37.9. The number of rotatable bonds is 6. The lowest BCUT2D eigenvalue weighted by molar-refractivity contribution is 0.0755. The van der Waals surface area contributed by atoms with Crippen molar-refractivity contribution in [3.63, 3.8) is 0 Å². The van der Waals surface area contributed by atoms with E-state index in [0.717, 1.165) is 36.9 Å². The summed E-state index contributed by atoms with van der Waals surface area (Å²) in [7, 11) is 0.